The van der Waals surface area contributed by atoms with Crippen LogP contribution in [0.25, 0.3) is 0 Å². The summed E-state index contributed by atoms with van der Waals surface area (Å²) in [4.78, 5) is 35.5. The SMILES string of the molecule is CC[C@H](NC(=O)[C@H](NC(=O)[C@@H](N)CC(=O)O)C(C)C)C1CCCCC1. The number of amides is 2. The summed E-state index contributed by atoms with van der Waals surface area (Å²) in [7, 11) is 0. The molecule has 0 radical (unpaired) electrons. The van der Waals surface area contributed by atoms with Crippen molar-refractivity contribution in [2.45, 2.75) is 83.8 Å². The van der Waals surface area contributed by atoms with Crippen LogP contribution < -0.4 is 16.4 Å². The Balaban J connectivity index is 2.68. The van der Waals surface area contributed by atoms with E-state index in [1.165, 1.54) is 19.3 Å². The topological polar surface area (TPSA) is 122 Å². The minimum Gasteiger partial charge on any atom is -0.481 e. The number of hydrogen-bond acceptors (Lipinski definition) is 4. The zero-order valence-electron chi connectivity index (χ0n) is 15.6. The maximum atomic E-state index is 12.7. The molecule has 0 aromatic heterocycles. The van der Waals surface area contributed by atoms with Crippen LogP contribution in [0.1, 0.15) is 65.7 Å². The van der Waals surface area contributed by atoms with E-state index in [-0.39, 0.29) is 17.9 Å². The second kappa shape index (κ2) is 10.4. The number of carbonyl (C=O) groups is 3. The van der Waals surface area contributed by atoms with Crippen molar-refractivity contribution in [3.05, 3.63) is 0 Å². The molecule has 0 aliphatic heterocycles. The van der Waals surface area contributed by atoms with Gasteiger partial charge in [-0.1, -0.05) is 40.0 Å². The van der Waals surface area contributed by atoms with Crippen LogP contribution >= 0.6 is 0 Å². The molecule has 0 saturated heterocycles. The van der Waals surface area contributed by atoms with Crippen LogP contribution in [-0.4, -0.2) is 41.0 Å². The van der Waals surface area contributed by atoms with Gasteiger partial charge in [-0.05, 0) is 31.1 Å². The number of rotatable bonds is 9. The third kappa shape index (κ3) is 7.02. The van der Waals surface area contributed by atoms with Gasteiger partial charge >= 0.3 is 5.97 Å². The molecule has 0 aromatic carbocycles. The monoisotopic (exact) mass is 355 g/mol. The molecule has 7 nitrogen and oxygen atoms in total. The Morgan fingerprint density at radius 2 is 1.68 bits per heavy atom. The maximum Gasteiger partial charge on any atom is 0.305 e. The van der Waals surface area contributed by atoms with Gasteiger partial charge in [0.25, 0.3) is 0 Å². The first-order chi connectivity index (χ1) is 11.8. The summed E-state index contributed by atoms with van der Waals surface area (Å²) < 4.78 is 0. The quantitative estimate of drug-likeness (QED) is 0.498. The molecular formula is C18H33N3O4. The summed E-state index contributed by atoms with van der Waals surface area (Å²) in [5, 5.41) is 14.4. The van der Waals surface area contributed by atoms with Crippen molar-refractivity contribution in [2.75, 3.05) is 0 Å². The maximum absolute atomic E-state index is 12.7. The molecule has 0 spiro atoms. The van der Waals surface area contributed by atoms with Crippen LogP contribution in [0, 0.1) is 11.8 Å². The van der Waals surface area contributed by atoms with E-state index >= 15 is 0 Å². The van der Waals surface area contributed by atoms with Gasteiger partial charge in [0.1, 0.15) is 6.04 Å². The van der Waals surface area contributed by atoms with Gasteiger partial charge in [-0.2, -0.15) is 0 Å². The predicted octanol–water partition coefficient (Wildman–Crippen LogP) is 1.40. The van der Waals surface area contributed by atoms with E-state index in [0.29, 0.717) is 5.92 Å². The van der Waals surface area contributed by atoms with E-state index in [1.807, 2.05) is 13.8 Å². The minimum absolute atomic E-state index is 0.110. The van der Waals surface area contributed by atoms with Gasteiger partial charge in [0.05, 0.1) is 12.5 Å². The number of nitrogens with one attached hydrogen (secondary N) is 2. The predicted molar refractivity (Wildman–Crippen MR) is 95.8 cm³/mol. The van der Waals surface area contributed by atoms with E-state index in [9.17, 15) is 14.4 Å². The van der Waals surface area contributed by atoms with E-state index in [4.69, 9.17) is 10.8 Å². The number of aliphatic carboxylic acids is 1. The second-order valence-electron chi connectivity index (χ2n) is 7.36. The van der Waals surface area contributed by atoms with Crippen LogP contribution in [0.15, 0.2) is 0 Å². The highest BCUT2D eigenvalue weighted by atomic mass is 16.4. The molecule has 1 aliphatic carbocycles. The molecular weight excluding hydrogens is 322 g/mol. The molecule has 7 heteroatoms. The van der Waals surface area contributed by atoms with Crippen LogP contribution in [0.4, 0.5) is 0 Å². The van der Waals surface area contributed by atoms with Crippen molar-refractivity contribution in [1.29, 1.82) is 0 Å². The lowest BCUT2D eigenvalue weighted by Crippen LogP contribution is -2.56. The molecule has 0 bridgehead atoms. The summed E-state index contributed by atoms with van der Waals surface area (Å²) in [5.41, 5.74) is 5.59. The number of carbonyl (C=O) groups excluding carboxylic acids is 2. The minimum atomic E-state index is -1.16. The Kier molecular flexibility index (Phi) is 8.89. The first kappa shape index (κ1) is 21.4. The molecule has 0 heterocycles. The largest absolute Gasteiger partial charge is 0.481 e. The fourth-order valence-corrected chi connectivity index (χ4v) is 3.44. The van der Waals surface area contributed by atoms with Crippen molar-refractivity contribution >= 4 is 17.8 Å². The van der Waals surface area contributed by atoms with Crippen LogP contribution in [0.5, 0.6) is 0 Å². The Morgan fingerprint density at radius 3 is 2.16 bits per heavy atom. The molecule has 3 atom stereocenters. The molecule has 1 aliphatic rings. The lowest BCUT2D eigenvalue weighted by Gasteiger charge is -2.32. The molecule has 1 saturated carbocycles. The second-order valence-corrected chi connectivity index (χ2v) is 7.36. The molecule has 1 fully saturated rings. The lowest BCUT2D eigenvalue weighted by molar-refractivity contribution is -0.139. The first-order valence-electron chi connectivity index (χ1n) is 9.34. The van der Waals surface area contributed by atoms with Crippen molar-refractivity contribution in [2.24, 2.45) is 17.6 Å². The van der Waals surface area contributed by atoms with E-state index in [1.54, 1.807) is 0 Å². The summed E-state index contributed by atoms with van der Waals surface area (Å²) in [6.45, 7) is 5.74. The third-order valence-corrected chi connectivity index (χ3v) is 4.96. The summed E-state index contributed by atoms with van der Waals surface area (Å²) in [5.74, 6) is -1.60. The molecule has 144 valence electrons. The third-order valence-electron chi connectivity index (χ3n) is 4.96. The highest BCUT2D eigenvalue weighted by molar-refractivity contribution is 5.91. The molecule has 1 rings (SSSR count). The van der Waals surface area contributed by atoms with Crippen molar-refractivity contribution in [3.8, 4) is 0 Å². The fraction of sp³-hybridized carbons (Fsp3) is 0.833. The van der Waals surface area contributed by atoms with E-state index in [0.717, 1.165) is 19.3 Å². The average molecular weight is 355 g/mol. The van der Waals surface area contributed by atoms with Gasteiger partial charge in [0, 0.05) is 6.04 Å². The van der Waals surface area contributed by atoms with E-state index in [2.05, 4.69) is 17.6 Å². The van der Waals surface area contributed by atoms with Gasteiger partial charge < -0.3 is 21.5 Å². The van der Waals surface area contributed by atoms with Crippen molar-refractivity contribution < 1.29 is 19.5 Å². The van der Waals surface area contributed by atoms with Gasteiger partial charge in [-0.15, -0.1) is 0 Å². The van der Waals surface area contributed by atoms with Crippen molar-refractivity contribution in [1.82, 2.24) is 10.6 Å². The number of carboxylic acid groups (broad SMARTS) is 1. The van der Waals surface area contributed by atoms with Gasteiger partial charge in [-0.3, -0.25) is 14.4 Å². The van der Waals surface area contributed by atoms with Crippen LogP contribution in [0.2, 0.25) is 0 Å². The zero-order valence-corrected chi connectivity index (χ0v) is 15.6. The number of carboxylic acids is 1. The number of nitrogens with two attached hydrogens (primary N) is 1. The average Bonchev–Trinajstić information content (AvgIpc) is 2.56. The molecule has 2 amide bonds. The first-order valence-corrected chi connectivity index (χ1v) is 9.34. The molecule has 25 heavy (non-hydrogen) atoms. The fourth-order valence-electron chi connectivity index (χ4n) is 3.44. The summed E-state index contributed by atoms with van der Waals surface area (Å²) in [6, 6.07) is -1.77. The normalized spacial score (nSPS) is 19.1. The standard InChI is InChI=1S/C18H33N3O4/c1-4-14(12-8-6-5-7-9-12)20-18(25)16(11(2)3)21-17(24)13(19)10-15(22)23/h11-14,16H,4-10,19H2,1-3H3,(H,20,25)(H,21,24)(H,22,23)/t13-,14-,16+/m0/s1. The Bertz CT molecular complexity index is 461. The molecule has 5 N–H and O–H groups in total. The molecule has 0 aromatic rings. The smallest absolute Gasteiger partial charge is 0.305 e. The molecule has 0 unspecified atom stereocenters. The Labute approximate surface area is 150 Å². The van der Waals surface area contributed by atoms with Crippen LogP contribution in [0.3, 0.4) is 0 Å². The van der Waals surface area contributed by atoms with Gasteiger partial charge in [0.15, 0.2) is 0 Å². The summed E-state index contributed by atoms with van der Waals surface area (Å²) in [6.07, 6.45) is 6.30. The van der Waals surface area contributed by atoms with Crippen molar-refractivity contribution in [3.63, 3.8) is 0 Å². The van der Waals surface area contributed by atoms with E-state index < -0.39 is 30.4 Å². The Morgan fingerprint density at radius 1 is 1.08 bits per heavy atom. The Hall–Kier alpha value is -1.63. The van der Waals surface area contributed by atoms with Gasteiger partial charge in [-0.25, -0.2) is 0 Å². The lowest BCUT2D eigenvalue weighted by atomic mass is 9.82. The highest BCUT2D eigenvalue weighted by Gasteiger charge is 2.30. The van der Waals surface area contributed by atoms with Crippen LogP contribution in [-0.2, 0) is 14.4 Å². The van der Waals surface area contributed by atoms with Gasteiger partial charge in [0.2, 0.25) is 11.8 Å². The summed E-state index contributed by atoms with van der Waals surface area (Å²) >= 11 is 0. The number of hydrogen-bond donors (Lipinski definition) is 4. The highest BCUT2D eigenvalue weighted by Crippen LogP contribution is 2.27. The zero-order chi connectivity index (χ0) is 19.0.